The molecule has 17 heavy (non-hydrogen) atoms. The third-order valence-corrected chi connectivity index (χ3v) is 2.46. The Morgan fingerprint density at radius 1 is 1.41 bits per heavy atom. The van der Waals surface area contributed by atoms with Crippen LogP contribution in [0, 0.1) is 6.92 Å². The second-order valence-electron chi connectivity index (χ2n) is 3.81. The van der Waals surface area contributed by atoms with Crippen LogP contribution in [0.4, 0.5) is 0 Å². The Balaban J connectivity index is 3.12. The van der Waals surface area contributed by atoms with Gasteiger partial charge in [-0.1, -0.05) is 6.07 Å². The topological polar surface area (TPSA) is 81.8 Å². The van der Waals surface area contributed by atoms with Crippen LogP contribution in [0.15, 0.2) is 12.1 Å². The van der Waals surface area contributed by atoms with Crippen LogP contribution in [0.3, 0.4) is 0 Å². The molecule has 1 rings (SSSR count). The van der Waals surface area contributed by atoms with Crippen molar-refractivity contribution in [2.75, 3.05) is 14.2 Å². The van der Waals surface area contributed by atoms with Crippen molar-refractivity contribution in [1.82, 2.24) is 0 Å². The van der Waals surface area contributed by atoms with Crippen molar-refractivity contribution in [2.45, 2.75) is 19.4 Å². The number of carboxylic acid groups (broad SMARTS) is 1. The Morgan fingerprint density at radius 3 is 2.53 bits per heavy atom. The molecule has 0 heterocycles. The summed E-state index contributed by atoms with van der Waals surface area (Å²) in [5.74, 6) is 0.0856. The van der Waals surface area contributed by atoms with Crippen LogP contribution in [-0.2, 0) is 11.2 Å². The summed E-state index contributed by atoms with van der Waals surface area (Å²) in [6, 6.07) is 2.73. The van der Waals surface area contributed by atoms with Crippen molar-refractivity contribution in [1.29, 1.82) is 0 Å². The molecule has 0 saturated carbocycles. The van der Waals surface area contributed by atoms with Crippen LogP contribution in [-0.4, -0.2) is 31.3 Å². The van der Waals surface area contributed by atoms with E-state index >= 15 is 0 Å². The predicted octanol–water partition coefficient (Wildman–Crippen LogP) is 0.967. The molecule has 0 fully saturated rings. The fourth-order valence-corrected chi connectivity index (χ4v) is 1.67. The summed E-state index contributed by atoms with van der Waals surface area (Å²) in [6.07, 6.45) is 0.205. The van der Waals surface area contributed by atoms with E-state index in [1.807, 2.05) is 19.1 Å². The largest absolute Gasteiger partial charge is 0.493 e. The number of hydrogen-bond donors (Lipinski definition) is 2. The van der Waals surface area contributed by atoms with Gasteiger partial charge in [0, 0.05) is 12.0 Å². The first-order valence-corrected chi connectivity index (χ1v) is 5.19. The number of rotatable bonds is 5. The lowest BCUT2D eigenvalue weighted by Gasteiger charge is -2.15. The van der Waals surface area contributed by atoms with Crippen LogP contribution < -0.4 is 15.2 Å². The Morgan fingerprint density at radius 2 is 2.06 bits per heavy atom. The molecule has 1 unspecified atom stereocenters. The number of carbonyl (C=O) groups is 1. The molecule has 0 spiro atoms. The van der Waals surface area contributed by atoms with Crippen molar-refractivity contribution >= 4 is 5.97 Å². The zero-order valence-electron chi connectivity index (χ0n) is 10.2. The van der Waals surface area contributed by atoms with Crippen LogP contribution in [0.5, 0.6) is 11.5 Å². The van der Waals surface area contributed by atoms with E-state index in [-0.39, 0.29) is 6.42 Å². The molecule has 0 bridgehead atoms. The van der Waals surface area contributed by atoms with Crippen LogP contribution in [0.1, 0.15) is 11.1 Å². The molecule has 94 valence electrons. The average Bonchev–Trinajstić information content (AvgIpc) is 2.27. The Labute approximate surface area is 100 Å². The van der Waals surface area contributed by atoms with E-state index in [4.69, 9.17) is 20.3 Å². The van der Waals surface area contributed by atoms with Gasteiger partial charge in [-0.25, -0.2) is 0 Å². The van der Waals surface area contributed by atoms with Crippen molar-refractivity contribution in [3.8, 4) is 11.5 Å². The SMILES string of the molecule is COc1cc(C)cc(CC(N)C(=O)O)c1OC. The molecule has 0 aliphatic heterocycles. The minimum Gasteiger partial charge on any atom is -0.493 e. The van der Waals surface area contributed by atoms with Gasteiger partial charge >= 0.3 is 5.97 Å². The van der Waals surface area contributed by atoms with Gasteiger partial charge in [0.1, 0.15) is 6.04 Å². The smallest absolute Gasteiger partial charge is 0.320 e. The zero-order valence-corrected chi connectivity index (χ0v) is 10.2. The number of methoxy groups -OCH3 is 2. The van der Waals surface area contributed by atoms with E-state index < -0.39 is 12.0 Å². The number of benzene rings is 1. The fourth-order valence-electron chi connectivity index (χ4n) is 1.67. The molecule has 0 aliphatic carbocycles. The highest BCUT2D eigenvalue weighted by atomic mass is 16.5. The lowest BCUT2D eigenvalue weighted by molar-refractivity contribution is -0.138. The second kappa shape index (κ2) is 5.54. The molecular weight excluding hydrogens is 222 g/mol. The lowest BCUT2D eigenvalue weighted by Crippen LogP contribution is -2.32. The van der Waals surface area contributed by atoms with Crippen LogP contribution >= 0.6 is 0 Å². The molecule has 0 aromatic heterocycles. The summed E-state index contributed by atoms with van der Waals surface area (Å²) in [4.78, 5) is 10.7. The fraction of sp³-hybridized carbons (Fsp3) is 0.417. The summed E-state index contributed by atoms with van der Waals surface area (Å²) >= 11 is 0. The van der Waals surface area contributed by atoms with Gasteiger partial charge in [0.05, 0.1) is 14.2 Å². The van der Waals surface area contributed by atoms with Gasteiger partial charge in [0.15, 0.2) is 11.5 Å². The maximum atomic E-state index is 10.7. The van der Waals surface area contributed by atoms with Gasteiger partial charge in [0.2, 0.25) is 0 Å². The standard InChI is InChI=1S/C12H17NO4/c1-7-4-8(6-9(13)12(14)15)11(17-3)10(5-7)16-2/h4-5,9H,6,13H2,1-3H3,(H,14,15). The Kier molecular flexibility index (Phi) is 4.34. The molecule has 0 radical (unpaired) electrons. The number of aliphatic carboxylic acids is 1. The molecule has 5 heteroatoms. The third-order valence-electron chi connectivity index (χ3n) is 2.46. The minimum atomic E-state index is -1.03. The highest BCUT2D eigenvalue weighted by Gasteiger charge is 2.18. The van der Waals surface area contributed by atoms with E-state index in [9.17, 15) is 4.79 Å². The second-order valence-corrected chi connectivity index (χ2v) is 3.81. The number of hydrogen-bond acceptors (Lipinski definition) is 4. The van der Waals surface area contributed by atoms with Gasteiger partial charge in [-0.3, -0.25) is 4.79 Å². The minimum absolute atomic E-state index is 0.205. The van der Waals surface area contributed by atoms with Gasteiger partial charge in [-0.2, -0.15) is 0 Å². The molecule has 0 aliphatic rings. The van der Waals surface area contributed by atoms with Gasteiger partial charge in [0.25, 0.3) is 0 Å². The summed E-state index contributed by atoms with van der Waals surface area (Å²) < 4.78 is 10.4. The average molecular weight is 239 g/mol. The number of nitrogens with two attached hydrogens (primary N) is 1. The molecule has 5 nitrogen and oxygen atoms in total. The number of aryl methyl sites for hydroxylation is 1. The van der Waals surface area contributed by atoms with Gasteiger partial charge < -0.3 is 20.3 Å². The molecule has 0 amide bonds. The van der Waals surface area contributed by atoms with Crippen molar-refractivity contribution in [3.05, 3.63) is 23.3 Å². The summed E-state index contributed by atoms with van der Waals surface area (Å²) in [7, 11) is 3.06. The third kappa shape index (κ3) is 3.10. The van der Waals surface area contributed by atoms with Gasteiger partial charge in [-0.05, 0) is 18.6 Å². The van der Waals surface area contributed by atoms with Crippen molar-refractivity contribution in [2.24, 2.45) is 5.73 Å². The summed E-state index contributed by atoms with van der Waals surface area (Å²) in [5.41, 5.74) is 7.22. The first-order valence-electron chi connectivity index (χ1n) is 5.19. The van der Waals surface area contributed by atoms with E-state index in [0.717, 1.165) is 11.1 Å². The maximum absolute atomic E-state index is 10.7. The van der Waals surface area contributed by atoms with Gasteiger partial charge in [-0.15, -0.1) is 0 Å². The molecule has 1 aromatic carbocycles. The summed E-state index contributed by atoms with van der Waals surface area (Å²) in [5, 5.41) is 8.81. The maximum Gasteiger partial charge on any atom is 0.320 e. The molecule has 1 atom stereocenters. The highest BCUT2D eigenvalue weighted by Crippen LogP contribution is 2.33. The zero-order chi connectivity index (χ0) is 13.0. The van der Waals surface area contributed by atoms with E-state index in [2.05, 4.69) is 0 Å². The molecule has 0 saturated heterocycles. The number of ether oxygens (including phenoxy) is 2. The Bertz CT molecular complexity index is 417. The van der Waals surface area contributed by atoms with E-state index in [1.54, 1.807) is 0 Å². The predicted molar refractivity (Wildman–Crippen MR) is 63.6 cm³/mol. The van der Waals surface area contributed by atoms with Crippen LogP contribution in [0.25, 0.3) is 0 Å². The van der Waals surface area contributed by atoms with Crippen molar-refractivity contribution < 1.29 is 19.4 Å². The van der Waals surface area contributed by atoms with E-state index in [0.29, 0.717) is 11.5 Å². The van der Waals surface area contributed by atoms with Crippen molar-refractivity contribution in [3.63, 3.8) is 0 Å². The van der Waals surface area contributed by atoms with Crippen LogP contribution in [0.2, 0.25) is 0 Å². The molecular formula is C12H17NO4. The first-order chi connectivity index (χ1) is 7.99. The highest BCUT2D eigenvalue weighted by molar-refractivity contribution is 5.73. The molecule has 1 aromatic rings. The first kappa shape index (κ1) is 13.3. The normalized spacial score (nSPS) is 12.0. The van der Waals surface area contributed by atoms with E-state index in [1.165, 1.54) is 14.2 Å². The summed E-state index contributed by atoms with van der Waals surface area (Å²) in [6.45, 7) is 1.90. The lowest BCUT2D eigenvalue weighted by atomic mass is 10.0. The number of carboxylic acids is 1. The monoisotopic (exact) mass is 239 g/mol. The quantitative estimate of drug-likeness (QED) is 0.800. The Hall–Kier alpha value is -1.75. The molecule has 3 N–H and O–H groups in total.